The lowest BCUT2D eigenvalue weighted by Gasteiger charge is -2.27. The SMILES string of the molecule is O=C1C(=O)N(CC2CCCO2)C(c2cccnc2)/C1=C(/O)c1cccc2ccccc12. The van der Waals surface area contributed by atoms with E-state index >= 15 is 0 Å². The summed E-state index contributed by atoms with van der Waals surface area (Å²) in [6.07, 6.45) is 4.93. The van der Waals surface area contributed by atoms with Crippen LogP contribution in [0.25, 0.3) is 16.5 Å². The number of likely N-dealkylation sites (tertiary alicyclic amines) is 1. The molecule has 1 N–H and O–H groups in total. The van der Waals surface area contributed by atoms with Gasteiger partial charge in [0.05, 0.1) is 17.7 Å². The third kappa shape index (κ3) is 3.39. The van der Waals surface area contributed by atoms with Crippen molar-refractivity contribution in [2.75, 3.05) is 13.2 Å². The number of aromatic nitrogens is 1. The number of rotatable bonds is 4. The average Bonchev–Trinajstić information content (AvgIpc) is 3.41. The summed E-state index contributed by atoms with van der Waals surface area (Å²) in [5, 5.41) is 13.1. The first-order chi connectivity index (χ1) is 15.1. The Morgan fingerprint density at radius 3 is 2.71 bits per heavy atom. The van der Waals surface area contributed by atoms with Crippen LogP contribution in [-0.2, 0) is 14.3 Å². The van der Waals surface area contributed by atoms with Gasteiger partial charge in [0, 0.05) is 31.1 Å². The minimum atomic E-state index is -0.711. The van der Waals surface area contributed by atoms with Gasteiger partial charge in [0.2, 0.25) is 0 Å². The number of nitrogens with zero attached hydrogens (tertiary/aromatic N) is 2. The topological polar surface area (TPSA) is 79.7 Å². The highest BCUT2D eigenvalue weighted by atomic mass is 16.5. The minimum Gasteiger partial charge on any atom is -0.507 e. The van der Waals surface area contributed by atoms with Crippen molar-refractivity contribution in [2.45, 2.75) is 25.0 Å². The van der Waals surface area contributed by atoms with Gasteiger partial charge in [-0.25, -0.2) is 0 Å². The first kappa shape index (κ1) is 19.5. The van der Waals surface area contributed by atoms with E-state index in [0.29, 0.717) is 24.3 Å². The normalized spacial score (nSPS) is 23.0. The number of carbonyl (C=O) groups is 2. The Bertz CT molecular complexity index is 1180. The zero-order valence-corrected chi connectivity index (χ0v) is 16.9. The molecule has 5 rings (SSSR count). The molecule has 1 aromatic heterocycles. The first-order valence-corrected chi connectivity index (χ1v) is 10.4. The number of hydrogen-bond donors (Lipinski definition) is 1. The van der Waals surface area contributed by atoms with E-state index in [2.05, 4.69) is 4.98 Å². The third-order valence-corrected chi connectivity index (χ3v) is 6.01. The molecule has 0 bridgehead atoms. The monoisotopic (exact) mass is 414 g/mol. The largest absolute Gasteiger partial charge is 0.507 e. The van der Waals surface area contributed by atoms with Gasteiger partial charge in [0.25, 0.3) is 11.7 Å². The number of aliphatic hydroxyl groups excluding tert-OH is 1. The summed E-state index contributed by atoms with van der Waals surface area (Å²) < 4.78 is 5.72. The number of hydrogen-bond acceptors (Lipinski definition) is 5. The number of ketones is 1. The van der Waals surface area contributed by atoms with E-state index < -0.39 is 17.7 Å². The van der Waals surface area contributed by atoms with Crippen LogP contribution < -0.4 is 0 Å². The summed E-state index contributed by atoms with van der Waals surface area (Å²) in [7, 11) is 0. The molecule has 6 heteroatoms. The maximum Gasteiger partial charge on any atom is 0.295 e. The fourth-order valence-corrected chi connectivity index (χ4v) is 4.54. The van der Waals surface area contributed by atoms with Gasteiger partial charge in [0.15, 0.2) is 0 Å². The lowest BCUT2D eigenvalue weighted by atomic mass is 9.94. The van der Waals surface area contributed by atoms with Crippen molar-refractivity contribution in [2.24, 2.45) is 0 Å². The summed E-state index contributed by atoms with van der Waals surface area (Å²) in [5.74, 6) is -1.47. The van der Waals surface area contributed by atoms with Crippen LogP contribution in [0.2, 0.25) is 0 Å². The summed E-state index contributed by atoms with van der Waals surface area (Å²) in [5.41, 5.74) is 1.30. The Labute approximate surface area is 179 Å². The Morgan fingerprint density at radius 1 is 1.10 bits per heavy atom. The van der Waals surface area contributed by atoms with Crippen LogP contribution in [-0.4, -0.2) is 45.9 Å². The molecule has 1 amide bonds. The second-order valence-corrected chi connectivity index (χ2v) is 7.90. The molecular formula is C25H22N2O4. The van der Waals surface area contributed by atoms with E-state index in [0.717, 1.165) is 23.6 Å². The van der Waals surface area contributed by atoms with Crippen LogP contribution in [0.3, 0.4) is 0 Å². The molecule has 2 aliphatic heterocycles. The van der Waals surface area contributed by atoms with Gasteiger partial charge in [0.1, 0.15) is 5.76 Å². The fourth-order valence-electron chi connectivity index (χ4n) is 4.54. The van der Waals surface area contributed by atoms with Crippen molar-refractivity contribution >= 4 is 28.2 Å². The minimum absolute atomic E-state index is 0.0901. The second kappa shape index (κ2) is 7.96. The number of ether oxygens (including phenoxy) is 1. The number of pyridine rings is 1. The van der Waals surface area contributed by atoms with Gasteiger partial charge in [-0.3, -0.25) is 14.6 Å². The lowest BCUT2D eigenvalue weighted by Crippen LogP contribution is -2.36. The molecule has 156 valence electrons. The number of carbonyl (C=O) groups excluding carboxylic acids is 2. The van der Waals surface area contributed by atoms with Gasteiger partial charge < -0.3 is 14.7 Å². The maximum absolute atomic E-state index is 13.2. The van der Waals surface area contributed by atoms with E-state index in [1.165, 1.54) is 4.90 Å². The van der Waals surface area contributed by atoms with Crippen LogP contribution in [0.5, 0.6) is 0 Å². The highest BCUT2D eigenvalue weighted by Crippen LogP contribution is 2.40. The van der Waals surface area contributed by atoms with Crippen LogP contribution in [0.15, 0.2) is 72.6 Å². The number of aliphatic hydroxyl groups is 1. The zero-order chi connectivity index (χ0) is 21.4. The quantitative estimate of drug-likeness (QED) is 0.399. The molecule has 0 aliphatic carbocycles. The molecule has 2 unspecified atom stereocenters. The van der Waals surface area contributed by atoms with Gasteiger partial charge in [-0.05, 0) is 35.2 Å². The van der Waals surface area contributed by atoms with E-state index in [1.807, 2.05) is 42.5 Å². The van der Waals surface area contributed by atoms with Crippen molar-refractivity contribution in [1.29, 1.82) is 0 Å². The molecule has 2 aliphatic rings. The van der Waals surface area contributed by atoms with Gasteiger partial charge in [-0.1, -0.05) is 48.5 Å². The Balaban J connectivity index is 1.67. The molecule has 3 heterocycles. The van der Waals surface area contributed by atoms with E-state index in [9.17, 15) is 14.7 Å². The highest BCUT2D eigenvalue weighted by Gasteiger charge is 2.47. The number of Topliss-reactive ketones (excluding diaryl/α,β-unsaturated/α-hetero) is 1. The van der Waals surface area contributed by atoms with Gasteiger partial charge >= 0.3 is 0 Å². The van der Waals surface area contributed by atoms with Crippen LogP contribution in [0, 0.1) is 0 Å². The van der Waals surface area contributed by atoms with Crippen molar-refractivity contribution in [1.82, 2.24) is 9.88 Å². The predicted octanol–water partition coefficient (Wildman–Crippen LogP) is 3.84. The third-order valence-electron chi connectivity index (χ3n) is 6.01. The molecule has 0 radical (unpaired) electrons. The molecular weight excluding hydrogens is 392 g/mol. The summed E-state index contributed by atoms with van der Waals surface area (Å²) in [6.45, 7) is 0.957. The lowest BCUT2D eigenvalue weighted by molar-refractivity contribution is -0.140. The molecule has 6 nitrogen and oxygen atoms in total. The predicted molar refractivity (Wildman–Crippen MR) is 116 cm³/mol. The smallest absolute Gasteiger partial charge is 0.295 e. The molecule has 0 saturated carbocycles. The molecule has 2 atom stereocenters. The van der Waals surface area contributed by atoms with E-state index in [4.69, 9.17) is 4.74 Å². The number of fused-ring (bicyclic) bond motifs is 1. The van der Waals surface area contributed by atoms with E-state index in [-0.39, 0.29) is 17.4 Å². The van der Waals surface area contributed by atoms with Crippen LogP contribution >= 0.6 is 0 Å². The molecule has 31 heavy (non-hydrogen) atoms. The van der Waals surface area contributed by atoms with Crippen molar-refractivity contribution in [3.05, 3.63) is 83.7 Å². The summed E-state index contributed by atoms with van der Waals surface area (Å²) in [4.78, 5) is 31.9. The van der Waals surface area contributed by atoms with Crippen molar-refractivity contribution < 1.29 is 19.4 Å². The molecule has 3 aromatic rings. The Kier molecular flexibility index (Phi) is 5.00. The second-order valence-electron chi connectivity index (χ2n) is 7.90. The fraction of sp³-hybridized carbons (Fsp3) is 0.240. The van der Waals surface area contributed by atoms with Crippen LogP contribution in [0.1, 0.15) is 30.0 Å². The highest BCUT2D eigenvalue weighted by molar-refractivity contribution is 6.46. The number of amides is 1. The summed E-state index contributed by atoms with van der Waals surface area (Å²) in [6, 6.07) is 16.1. The van der Waals surface area contributed by atoms with Gasteiger partial charge in [-0.2, -0.15) is 0 Å². The molecule has 2 aromatic carbocycles. The molecule has 2 fully saturated rings. The standard InChI is InChI=1S/C25H22N2O4/c28-23(20-11-3-7-16-6-1-2-10-19(16)20)21-22(17-8-4-12-26-14-17)27(25(30)24(21)29)15-18-9-5-13-31-18/h1-4,6-8,10-12,14,18,22,28H,5,9,13,15H2/b23-21-. The zero-order valence-electron chi connectivity index (χ0n) is 16.9. The maximum atomic E-state index is 13.2. The van der Waals surface area contributed by atoms with Gasteiger partial charge in [-0.15, -0.1) is 0 Å². The Hall–Kier alpha value is -3.51. The van der Waals surface area contributed by atoms with E-state index in [1.54, 1.807) is 24.5 Å². The summed E-state index contributed by atoms with van der Waals surface area (Å²) >= 11 is 0. The average molecular weight is 414 g/mol. The molecule has 2 saturated heterocycles. The first-order valence-electron chi connectivity index (χ1n) is 10.4. The number of benzene rings is 2. The van der Waals surface area contributed by atoms with Crippen molar-refractivity contribution in [3.63, 3.8) is 0 Å². The Morgan fingerprint density at radius 2 is 1.94 bits per heavy atom. The molecule has 0 spiro atoms. The van der Waals surface area contributed by atoms with Crippen LogP contribution in [0.4, 0.5) is 0 Å². The van der Waals surface area contributed by atoms with Crippen molar-refractivity contribution in [3.8, 4) is 0 Å².